The van der Waals surface area contributed by atoms with Gasteiger partial charge in [-0.3, -0.25) is 4.68 Å². The van der Waals surface area contributed by atoms with Crippen molar-refractivity contribution in [3.8, 4) is 0 Å². The molecule has 1 aromatic carbocycles. The molecule has 1 heterocycles. The lowest BCUT2D eigenvalue weighted by Gasteiger charge is -2.24. The Morgan fingerprint density at radius 1 is 1.14 bits per heavy atom. The fourth-order valence-corrected chi connectivity index (χ4v) is 3.30. The van der Waals surface area contributed by atoms with Gasteiger partial charge in [-0.15, -0.1) is 0 Å². The van der Waals surface area contributed by atoms with E-state index < -0.39 is 5.54 Å². The second-order valence-electron chi connectivity index (χ2n) is 6.32. The summed E-state index contributed by atoms with van der Waals surface area (Å²) >= 11 is 0. The molecule has 2 aromatic rings. The average Bonchev–Trinajstić information content (AvgIpc) is 2.92. The average molecular weight is 284 g/mol. The Labute approximate surface area is 126 Å². The van der Waals surface area contributed by atoms with E-state index >= 15 is 0 Å². The molecule has 3 rings (SSSR count). The minimum atomic E-state index is -0.615. The van der Waals surface area contributed by atoms with Gasteiger partial charge in [0.1, 0.15) is 0 Å². The Balaban J connectivity index is 1.93. The van der Waals surface area contributed by atoms with Crippen molar-refractivity contribution >= 4 is 0 Å². The minimum absolute atomic E-state index is 0.505. The van der Waals surface area contributed by atoms with Gasteiger partial charge in [0, 0.05) is 13.0 Å². The molecule has 0 saturated heterocycles. The maximum Gasteiger partial charge on any atom is 0.154 e. The molecule has 1 atom stereocenters. The Morgan fingerprint density at radius 2 is 1.81 bits per heavy atom. The summed E-state index contributed by atoms with van der Waals surface area (Å²) in [7, 11) is 1.95. The molecule has 1 aromatic heterocycles. The number of aromatic nitrogens is 3. The molecule has 1 aliphatic rings. The monoisotopic (exact) mass is 284 g/mol. The van der Waals surface area contributed by atoms with Crippen LogP contribution in [0.15, 0.2) is 30.3 Å². The van der Waals surface area contributed by atoms with E-state index in [0.29, 0.717) is 5.92 Å². The van der Waals surface area contributed by atoms with E-state index in [4.69, 9.17) is 10.7 Å². The minimum Gasteiger partial charge on any atom is -0.315 e. The van der Waals surface area contributed by atoms with Gasteiger partial charge in [-0.2, -0.15) is 5.10 Å². The van der Waals surface area contributed by atoms with Crippen molar-refractivity contribution < 1.29 is 0 Å². The molecule has 1 saturated carbocycles. The number of rotatable bonds is 3. The molecule has 2 N–H and O–H groups in total. The van der Waals surface area contributed by atoms with Crippen LogP contribution in [-0.4, -0.2) is 14.8 Å². The highest BCUT2D eigenvalue weighted by atomic mass is 15.3. The molecule has 1 fully saturated rings. The molecule has 112 valence electrons. The number of benzene rings is 1. The summed E-state index contributed by atoms with van der Waals surface area (Å²) in [6.45, 7) is 2.01. The highest BCUT2D eigenvalue weighted by Gasteiger charge is 2.31. The summed E-state index contributed by atoms with van der Waals surface area (Å²) < 4.78 is 1.86. The van der Waals surface area contributed by atoms with E-state index in [1.807, 2.05) is 36.9 Å². The van der Waals surface area contributed by atoms with Crippen LogP contribution in [0.25, 0.3) is 0 Å². The zero-order valence-electron chi connectivity index (χ0n) is 12.9. The van der Waals surface area contributed by atoms with E-state index in [1.165, 1.54) is 32.1 Å². The molecule has 21 heavy (non-hydrogen) atoms. The van der Waals surface area contributed by atoms with Crippen LogP contribution >= 0.6 is 0 Å². The van der Waals surface area contributed by atoms with Crippen LogP contribution < -0.4 is 5.73 Å². The molecular weight excluding hydrogens is 260 g/mol. The molecule has 1 aliphatic carbocycles. The van der Waals surface area contributed by atoms with Crippen molar-refractivity contribution in [2.45, 2.75) is 50.5 Å². The van der Waals surface area contributed by atoms with Crippen LogP contribution in [0, 0.1) is 0 Å². The van der Waals surface area contributed by atoms with Crippen LogP contribution in [0.3, 0.4) is 0 Å². The van der Waals surface area contributed by atoms with Crippen LogP contribution in [0.5, 0.6) is 0 Å². The molecule has 0 amide bonds. The fourth-order valence-electron chi connectivity index (χ4n) is 3.30. The summed E-state index contributed by atoms with van der Waals surface area (Å²) in [5, 5.41) is 4.65. The van der Waals surface area contributed by atoms with Gasteiger partial charge in [-0.25, -0.2) is 4.98 Å². The first kappa shape index (κ1) is 14.3. The first-order valence-electron chi connectivity index (χ1n) is 7.85. The standard InChI is InChI=1S/C17H24N4/c1-17(18,14-11-7-4-8-12-14)16-19-15(20-21(16)2)13-9-5-3-6-10-13/h4,7-8,11-13H,3,5-6,9-10,18H2,1-2H3. The number of nitrogens with two attached hydrogens (primary N) is 1. The van der Waals surface area contributed by atoms with Gasteiger partial charge in [0.25, 0.3) is 0 Å². The maximum atomic E-state index is 6.58. The molecule has 0 bridgehead atoms. The van der Waals surface area contributed by atoms with E-state index in [-0.39, 0.29) is 0 Å². The van der Waals surface area contributed by atoms with Crippen molar-refractivity contribution in [1.82, 2.24) is 14.8 Å². The molecule has 0 radical (unpaired) electrons. The van der Waals surface area contributed by atoms with Crippen molar-refractivity contribution in [1.29, 1.82) is 0 Å². The summed E-state index contributed by atoms with van der Waals surface area (Å²) in [6.07, 6.45) is 6.33. The van der Waals surface area contributed by atoms with Gasteiger partial charge < -0.3 is 5.73 Å². The molecule has 0 spiro atoms. The highest BCUT2D eigenvalue weighted by Crippen LogP contribution is 2.32. The molecular formula is C17H24N4. The van der Waals surface area contributed by atoms with Crippen molar-refractivity contribution in [3.63, 3.8) is 0 Å². The van der Waals surface area contributed by atoms with Gasteiger partial charge in [-0.05, 0) is 25.3 Å². The zero-order valence-corrected chi connectivity index (χ0v) is 12.9. The number of hydrogen-bond acceptors (Lipinski definition) is 3. The highest BCUT2D eigenvalue weighted by molar-refractivity contribution is 5.30. The van der Waals surface area contributed by atoms with E-state index in [9.17, 15) is 0 Å². The molecule has 0 aliphatic heterocycles. The smallest absolute Gasteiger partial charge is 0.154 e. The lowest BCUT2D eigenvalue weighted by atomic mass is 9.88. The first-order chi connectivity index (χ1) is 10.1. The number of hydrogen-bond donors (Lipinski definition) is 1. The second kappa shape index (κ2) is 5.60. The van der Waals surface area contributed by atoms with Gasteiger partial charge in [-0.1, -0.05) is 49.6 Å². The maximum absolute atomic E-state index is 6.58. The zero-order chi connectivity index (χ0) is 14.9. The van der Waals surface area contributed by atoms with Crippen molar-refractivity contribution in [2.24, 2.45) is 12.8 Å². The quantitative estimate of drug-likeness (QED) is 0.942. The van der Waals surface area contributed by atoms with Crippen LogP contribution in [0.2, 0.25) is 0 Å². The third-order valence-electron chi connectivity index (χ3n) is 4.59. The van der Waals surface area contributed by atoms with Crippen LogP contribution in [0.4, 0.5) is 0 Å². The molecule has 1 unspecified atom stereocenters. The lowest BCUT2D eigenvalue weighted by Crippen LogP contribution is -2.37. The lowest BCUT2D eigenvalue weighted by molar-refractivity contribution is 0.427. The Morgan fingerprint density at radius 3 is 2.48 bits per heavy atom. The SMILES string of the molecule is Cn1nc(C2CCCCC2)nc1C(C)(N)c1ccccc1. The largest absolute Gasteiger partial charge is 0.315 e. The van der Waals surface area contributed by atoms with Gasteiger partial charge in [0.2, 0.25) is 0 Å². The van der Waals surface area contributed by atoms with Crippen LogP contribution in [-0.2, 0) is 12.6 Å². The summed E-state index contributed by atoms with van der Waals surface area (Å²) in [4.78, 5) is 4.81. The Kier molecular flexibility index (Phi) is 3.81. The normalized spacial score (nSPS) is 19.4. The summed E-state index contributed by atoms with van der Waals surface area (Å²) in [5.41, 5.74) is 7.03. The van der Waals surface area contributed by atoms with Crippen molar-refractivity contribution in [3.05, 3.63) is 47.5 Å². The molecule has 4 nitrogen and oxygen atoms in total. The Hall–Kier alpha value is -1.68. The molecule has 4 heteroatoms. The van der Waals surface area contributed by atoms with Gasteiger partial charge in [0.05, 0.1) is 5.54 Å². The van der Waals surface area contributed by atoms with Gasteiger partial charge >= 0.3 is 0 Å². The van der Waals surface area contributed by atoms with Crippen molar-refractivity contribution in [2.75, 3.05) is 0 Å². The topological polar surface area (TPSA) is 56.7 Å². The Bertz CT molecular complexity index is 595. The second-order valence-corrected chi connectivity index (χ2v) is 6.32. The summed E-state index contributed by atoms with van der Waals surface area (Å²) in [5.74, 6) is 2.32. The number of aryl methyl sites for hydroxylation is 1. The third-order valence-corrected chi connectivity index (χ3v) is 4.59. The van der Waals surface area contributed by atoms with Crippen LogP contribution in [0.1, 0.15) is 62.2 Å². The predicted octanol–water partition coefficient (Wildman–Crippen LogP) is 3.09. The fraction of sp³-hybridized carbons (Fsp3) is 0.529. The predicted molar refractivity (Wildman–Crippen MR) is 83.9 cm³/mol. The number of nitrogens with zero attached hydrogens (tertiary/aromatic N) is 3. The summed E-state index contributed by atoms with van der Waals surface area (Å²) in [6, 6.07) is 10.1. The van der Waals surface area contributed by atoms with E-state index in [1.54, 1.807) is 0 Å². The first-order valence-corrected chi connectivity index (χ1v) is 7.85. The van der Waals surface area contributed by atoms with E-state index in [0.717, 1.165) is 17.2 Å². The third kappa shape index (κ3) is 2.72. The van der Waals surface area contributed by atoms with E-state index in [2.05, 4.69) is 17.2 Å². The van der Waals surface area contributed by atoms with Gasteiger partial charge in [0.15, 0.2) is 11.6 Å².